The maximum Gasteiger partial charge on any atom is 0.217 e. The van der Waals surface area contributed by atoms with Crippen molar-refractivity contribution in [1.82, 2.24) is 0 Å². The molecule has 2 aliphatic rings. The average molecular weight is 379 g/mol. The SMILES string of the molecule is CC(C)[C@@H]1COC(c2cccc(C3=N[C@@H](C(C)C)CO3)c2Br)=N1. The summed E-state index contributed by atoms with van der Waals surface area (Å²) >= 11 is 3.69. The van der Waals surface area contributed by atoms with Crippen LogP contribution in [0.1, 0.15) is 38.8 Å². The fraction of sp³-hybridized carbons (Fsp3) is 0.556. The van der Waals surface area contributed by atoms with Crippen molar-refractivity contribution in [3.05, 3.63) is 33.8 Å². The first-order chi connectivity index (χ1) is 11.0. The molecule has 1 aromatic carbocycles. The molecule has 2 aliphatic heterocycles. The first-order valence-corrected chi connectivity index (χ1v) is 8.97. The van der Waals surface area contributed by atoms with Gasteiger partial charge in [0.05, 0.1) is 23.2 Å². The van der Waals surface area contributed by atoms with Gasteiger partial charge >= 0.3 is 0 Å². The number of nitrogens with zero attached hydrogens (tertiary/aromatic N) is 2. The van der Waals surface area contributed by atoms with Crippen molar-refractivity contribution in [2.75, 3.05) is 13.2 Å². The average Bonchev–Trinajstić information content (AvgIpc) is 3.17. The van der Waals surface area contributed by atoms with Crippen molar-refractivity contribution >= 4 is 27.7 Å². The van der Waals surface area contributed by atoms with Gasteiger partial charge < -0.3 is 9.47 Å². The van der Waals surface area contributed by atoms with Crippen LogP contribution in [-0.4, -0.2) is 37.1 Å². The van der Waals surface area contributed by atoms with E-state index in [1.54, 1.807) is 0 Å². The molecule has 0 saturated heterocycles. The van der Waals surface area contributed by atoms with Gasteiger partial charge in [-0.15, -0.1) is 0 Å². The Morgan fingerprint density at radius 1 is 0.913 bits per heavy atom. The number of ether oxygens (including phenoxy) is 2. The molecule has 3 rings (SSSR count). The molecule has 0 bridgehead atoms. The Morgan fingerprint density at radius 2 is 1.35 bits per heavy atom. The maximum absolute atomic E-state index is 5.81. The smallest absolute Gasteiger partial charge is 0.217 e. The Morgan fingerprint density at radius 3 is 1.70 bits per heavy atom. The lowest BCUT2D eigenvalue weighted by atomic mass is 10.1. The van der Waals surface area contributed by atoms with Crippen LogP contribution in [0.4, 0.5) is 0 Å². The van der Waals surface area contributed by atoms with Gasteiger partial charge in [0.2, 0.25) is 11.8 Å². The van der Waals surface area contributed by atoms with Crippen LogP contribution in [0, 0.1) is 11.8 Å². The molecule has 0 saturated carbocycles. The molecule has 0 spiro atoms. The summed E-state index contributed by atoms with van der Waals surface area (Å²) in [5.74, 6) is 2.36. The zero-order valence-electron chi connectivity index (χ0n) is 14.0. The molecule has 0 aliphatic carbocycles. The Kier molecular flexibility index (Phi) is 4.76. The lowest BCUT2D eigenvalue weighted by molar-refractivity contribution is 0.291. The fourth-order valence-electron chi connectivity index (χ4n) is 2.62. The summed E-state index contributed by atoms with van der Waals surface area (Å²) in [5, 5.41) is 0. The molecule has 4 nitrogen and oxygen atoms in total. The van der Waals surface area contributed by atoms with Gasteiger partial charge in [0.1, 0.15) is 13.2 Å². The largest absolute Gasteiger partial charge is 0.475 e. The molecular formula is C18H23BrN2O2. The van der Waals surface area contributed by atoms with E-state index in [2.05, 4.69) is 43.6 Å². The van der Waals surface area contributed by atoms with Crippen molar-refractivity contribution in [3.8, 4) is 0 Å². The molecule has 2 heterocycles. The Bertz CT molecular complexity index is 600. The number of rotatable bonds is 4. The summed E-state index contributed by atoms with van der Waals surface area (Å²) < 4.78 is 12.6. The molecule has 23 heavy (non-hydrogen) atoms. The summed E-state index contributed by atoms with van der Waals surface area (Å²) in [4.78, 5) is 9.43. The van der Waals surface area contributed by atoms with Crippen LogP contribution in [0.5, 0.6) is 0 Å². The van der Waals surface area contributed by atoms with E-state index in [0.717, 1.165) is 15.6 Å². The third-order valence-electron chi connectivity index (χ3n) is 4.35. The standard InChI is InChI=1S/C18H23BrN2O2/c1-10(2)14-8-22-17(20-14)12-6-5-7-13(16(12)19)18-21-15(9-23-18)11(3)4/h5-7,10-11,14-15H,8-9H2,1-4H3/t14-,15+. The molecular weight excluding hydrogens is 356 g/mol. The van der Waals surface area contributed by atoms with E-state index in [9.17, 15) is 0 Å². The lowest BCUT2D eigenvalue weighted by Crippen LogP contribution is -2.13. The summed E-state index contributed by atoms with van der Waals surface area (Å²) in [7, 11) is 0. The van der Waals surface area contributed by atoms with Crippen LogP contribution in [0.2, 0.25) is 0 Å². The number of halogens is 1. The normalized spacial score (nSPS) is 23.8. The third-order valence-corrected chi connectivity index (χ3v) is 5.20. The summed E-state index contributed by atoms with van der Waals surface area (Å²) in [6, 6.07) is 6.49. The zero-order chi connectivity index (χ0) is 16.6. The van der Waals surface area contributed by atoms with Gasteiger partial charge in [-0.3, -0.25) is 0 Å². The minimum Gasteiger partial charge on any atom is -0.475 e. The van der Waals surface area contributed by atoms with E-state index in [1.807, 2.05) is 18.2 Å². The molecule has 0 radical (unpaired) electrons. The number of hydrogen-bond donors (Lipinski definition) is 0. The van der Waals surface area contributed by atoms with Crippen molar-refractivity contribution in [1.29, 1.82) is 0 Å². The van der Waals surface area contributed by atoms with Crippen LogP contribution < -0.4 is 0 Å². The quantitative estimate of drug-likeness (QED) is 0.792. The Labute approximate surface area is 146 Å². The van der Waals surface area contributed by atoms with Gasteiger partial charge in [0.15, 0.2) is 0 Å². The topological polar surface area (TPSA) is 43.2 Å². The van der Waals surface area contributed by atoms with Crippen molar-refractivity contribution in [3.63, 3.8) is 0 Å². The molecule has 5 heteroatoms. The van der Waals surface area contributed by atoms with Crippen LogP contribution in [0.3, 0.4) is 0 Å². The summed E-state index contributed by atoms with van der Waals surface area (Å²) in [6.45, 7) is 9.96. The highest BCUT2D eigenvalue weighted by Gasteiger charge is 2.28. The zero-order valence-corrected chi connectivity index (χ0v) is 15.6. The van der Waals surface area contributed by atoms with E-state index in [1.165, 1.54) is 0 Å². The number of benzene rings is 1. The second-order valence-corrected chi connectivity index (χ2v) is 7.57. The molecule has 0 unspecified atom stereocenters. The van der Waals surface area contributed by atoms with E-state index in [4.69, 9.17) is 19.5 Å². The van der Waals surface area contributed by atoms with Gasteiger partial charge in [-0.2, -0.15) is 0 Å². The lowest BCUT2D eigenvalue weighted by Gasteiger charge is -2.09. The first-order valence-electron chi connectivity index (χ1n) is 8.17. The van der Waals surface area contributed by atoms with Gasteiger partial charge in [-0.1, -0.05) is 33.8 Å². The van der Waals surface area contributed by atoms with Crippen LogP contribution in [0.25, 0.3) is 0 Å². The first kappa shape index (κ1) is 16.5. The highest BCUT2D eigenvalue weighted by Crippen LogP contribution is 2.29. The predicted molar refractivity (Wildman–Crippen MR) is 96.4 cm³/mol. The number of aliphatic imine (C=N–C) groups is 2. The second kappa shape index (κ2) is 6.63. The fourth-order valence-corrected chi connectivity index (χ4v) is 3.22. The second-order valence-electron chi connectivity index (χ2n) is 6.78. The van der Waals surface area contributed by atoms with E-state index in [-0.39, 0.29) is 12.1 Å². The maximum atomic E-state index is 5.81. The Hall–Kier alpha value is -1.36. The van der Waals surface area contributed by atoms with Gasteiger partial charge in [0, 0.05) is 4.47 Å². The monoisotopic (exact) mass is 378 g/mol. The van der Waals surface area contributed by atoms with Crippen molar-refractivity contribution in [2.24, 2.45) is 21.8 Å². The number of hydrogen-bond acceptors (Lipinski definition) is 4. The van der Waals surface area contributed by atoms with Gasteiger partial charge in [-0.25, -0.2) is 9.98 Å². The van der Waals surface area contributed by atoms with Crippen LogP contribution >= 0.6 is 15.9 Å². The van der Waals surface area contributed by atoms with E-state index < -0.39 is 0 Å². The predicted octanol–water partition coefficient (Wildman–Crippen LogP) is 4.05. The summed E-state index contributed by atoms with van der Waals surface area (Å²) in [6.07, 6.45) is 0. The van der Waals surface area contributed by atoms with Crippen LogP contribution in [-0.2, 0) is 9.47 Å². The molecule has 0 aromatic heterocycles. The van der Waals surface area contributed by atoms with Crippen molar-refractivity contribution in [2.45, 2.75) is 39.8 Å². The van der Waals surface area contributed by atoms with Crippen molar-refractivity contribution < 1.29 is 9.47 Å². The molecule has 1 aromatic rings. The minimum absolute atomic E-state index is 0.228. The highest BCUT2D eigenvalue weighted by atomic mass is 79.9. The Balaban J connectivity index is 1.91. The van der Waals surface area contributed by atoms with E-state index >= 15 is 0 Å². The molecule has 0 amide bonds. The molecule has 124 valence electrons. The van der Waals surface area contributed by atoms with E-state index in [0.29, 0.717) is 36.8 Å². The summed E-state index contributed by atoms with van der Waals surface area (Å²) in [5.41, 5.74) is 1.93. The van der Waals surface area contributed by atoms with Crippen LogP contribution in [0.15, 0.2) is 32.7 Å². The van der Waals surface area contributed by atoms with Gasteiger partial charge in [-0.05, 0) is 39.9 Å². The highest BCUT2D eigenvalue weighted by molar-refractivity contribution is 9.10. The third kappa shape index (κ3) is 3.30. The molecule has 0 N–H and O–H groups in total. The molecule has 2 atom stereocenters. The molecule has 0 fully saturated rings. The van der Waals surface area contributed by atoms with Gasteiger partial charge in [0.25, 0.3) is 0 Å². The minimum atomic E-state index is 0.228.